The number of nitrogens with two attached hydrogens (primary N) is 1. The molecule has 1 rings (SSSR count). The smallest absolute Gasteiger partial charge is 0.101 e. The fourth-order valence-electron chi connectivity index (χ4n) is 0.827. The zero-order chi connectivity index (χ0) is 8.97. The van der Waals surface area contributed by atoms with Gasteiger partial charge in [0.05, 0.1) is 18.2 Å². The summed E-state index contributed by atoms with van der Waals surface area (Å²) in [6.45, 7) is -0.142. The van der Waals surface area contributed by atoms with E-state index in [1.54, 1.807) is 12.3 Å². The van der Waals surface area contributed by atoms with Crippen LogP contribution in [0.15, 0.2) is 18.5 Å². The van der Waals surface area contributed by atoms with Gasteiger partial charge >= 0.3 is 0 Å². The van der Waals surface area contributed by atoms with Crippen LogP contribution in [0, 0.1) is 11.3 Å². The molecule has 0 bridgehead atoms. The summed E-state index contributed by atoms with van der Waals surface area (Å²) in [5.41, 5.74) is 6.65. The highest BCUT2D eigenvalue weighted by molar-refractivity contribution is 5.30. The molecule has 1 atom stereocenters. The molecular weight excluding hydrogens is 154 g/mol. The SMILES string of the molecule is N#Cc1cncc([C@@H](N)CO)c1. The standard InChI is InChI=1S/C8H9N3O/c9-2-6-1-7(4-11-3-6)8(10)5-12/h1,3-4,8,12H,5,10H2/t8-/m0/s1. The van der Waals surface area contributed by atoms with E-state index >= 15 is 0 Å². The first kappa shape index (κ1) is 8.65. The largest absolute Gasteiger partial charge is 0.394 e. The Hall–Kier alpha value is -1.44. The van der Waals surface area contributed by atoms with Gasteiger partial charge in [0.2, 0.25) is 0 Å². The van der Waals surface area contributed by atoms with E-state index in [0.717, 1.165) is 0 Å². The number of aliphatic hydroxyl groups excluding tert-OH is 1. The first-order valence-corrected chi connectivity index (χ1v) is 3.49. The van der Waals surface area contributed by atoms with Gasteiger partial charge in [0, 0.05) is 12.4 Å². The van der Waals surface area contributed by atoms with E-state index in [1.807, 2.05) is 6.07 Å². The molecule has 4 nitrogen and oxygen atoms in total. The van der Waals surface area contributed by atoms with E-state index < -0.39 is 6.04 Å². The summed E-state index contributed by atoms with van der Waals surface area (Å²) in [6, 6.07) is 3.11. The second-order valence-corrected chi connectivity index (χ2v) is 2.41. The molecule has 0 amide bonds. The van der Waals surface area contributed by atoms with Crippen molar-refractivity contribution in [2.24, 2.45) is 5.73 Å². The Morgan fingerprint density at radius 2 is 2.42 bits per heavy atom. The van der Waals surface area contributed by atoms with Crippen LogP contribution in [0.4, 0.5) is 0 Å². The number of hydrogen-bond donors (Lipinski definition) is 2. The third-order valence-electron chi connectivity index (χ3n) is 1.51. The molecule has 0 spiro atoms. The Morgan fingerprint density at radius 3 is 3.00 bits per heavy atom. The Morgan fingerprint density at radius 1 is 1.67 bits per heavy atom. The molecule has 4 heteroatoms. The van der Waals surface area contributed by atoms with Gasteiger partial charge in [-0.2, -0.15) is 5.26 Å². The molecule has 0 fully saturated rings. The molecule has 3 N–H and O–H groups in total. The molecule has 1 aromatic heterocycles. The van der Waals surface area contributed by atoms with E-state index in [9.17, 15) is 0 Å². The number of nitrogens with zero attached hydrogens (tertiary/aromatic N) is 2. The van der Waals surface area contributed by atoms with E-state index in [0.29, 0.717) is 11.1 Å². The summed E-state index contributed by atoms with van der Waals surface area (Å²) < 4.78 is 0. The monoisotopic (exact) mass is 163 g/mol. The zero-order valence-electron chi connectivity index (χ0n) is 6.44. The van der Waals surface area contributed by atoms with E-state index in [4.69, 9.17) is 16.1 Å². The first-order chi connectivity index (χ1) is 5.77. The predicted octanol–water partition coefficient (Wildman–Crippen LogP) is -0.0546. The van der Waals surface area contributed by atoms with Gasteiger partial charge in [-0.05, 0) is 11.6 Å². The second-order valence-electron chi connectivity index (χ2n) is 2.41. The van der Waals surface area contributed by atoms with Crippen LogP contribution in [0.5, 0.6) is 0 Å². The molecule has 12 heavy (non-hydrogen) atoms. The van der Waals surface area contributed by atoms with Gasteiger partial charge < -0.3 is 10.8 Å². The topological polar surface area (TPSA) is 82.9 Å². The van der Waals surface area contributed by atoms with Crippen molar-refractivity contribution in [1.29, 1.82) is 5.26 Å². The van der Waals surface area contributed by atoms with Crippen LogP contribution < -0.4 is 5.73 Å². The maximum atomic E-state index is 8.72. The number of nitriles is 1. The third-order valence-corrected chi connectivity index (χ3v) is 1.51. The molecule has 0 saturated heterocycles. The highest BCUT2D eigenvalue weighted by atomic mass is 16.3. The van der Waals surface area contributed by atoms with Gasteiger partial charge in [-0.3, -0.25) is 4.98 Å². The number of aromatic nitrogens is 1. The first-order valence-electron chi connectivity index (χ1n) is 3.49. The van der Waals surface area contributed by atoms with E-state index in [1.165, 1.54) is 6.20 Å². The Bertz CT molecular complexity index is 305. The fraction of sp³-hybridized carbons (Fsp3) is 0.250. The van der Waals surface area contributed by atoms with Crippen molar-refractivity contribution in [3.8, 4) is 6.07 Å². The van der Waals surface area contributed by atoms with Gasteiger partial charge in [-0.15, -0.1) is 0 Å². The van der Waals surface area contributed by atoms with Crippen LogP contribution in [-0.2, 0) is 0 Å². The van der Waals surface area contributed by atoms with Crippen molar-refractivity contribution >= 4 is 0 Å². The Labute approximate surface area is 70.3 Å². The lowest BCUT2D eigenvalue weighted by molar-refractivity contribution is 0.268. The number of aliphatic hydroxyl groups is 1. The molecule has 0 unspecified atom stereocenters. The minimum atomic E-state index is -0.453. The van der Waals surface area contributed by atoms with Crippen LogP contribution in [0.1, 0.15) is 17.2 Å². The average molecular weight is 163 g/mol. The molecular formula is C8H9N3O. The van der Waals surface area contributed by atoms with Crippen molar-refractivity contribution in [2.45, 2.75) is 6.04 Å². The molecule has 1 aromatic rings. The highest BCUT2D eigenvalue weighted by Gasteiger charge is 2.04. The molecule has 1 heterocycles. The zero-order valence-corrected chi connectivity index (χ0v) is 6.44. The summed E-state index contributed by atoms with van der Waals surface area (Å²) in [4.78, 5) is 3.81. The van der Waals surface area contributed by atoms with E-state index in [2.05, 4.69) is 4.98 Å². The normalized spacial score (nSPS) is 12.1. The second kappa shape index (κ2) is 3.81. The minimum Gasteiger partial charge on any atom is -0.394 e. The van der Waals surface area contributed by atoms with Crippen LogP contribution >= 0.6 is 0 Å². The van der Waals surface area contributed by atoms with Gasteiger partial charge in [-0.1, -0.05) is 0 Å². The van der Waals surface area contributed by atoms with Gasteiger partial charge in [0.15, 0.2) is 0 Å². The Kier molecular flexibility index (Phi) is 2.75. The maximum absolute atomic E-state index is 8.72. The van der Waals surface area contributed by atoms with Crippen molar-refractivity contribution in [2.75, 3.05) is 6.61 Å². The highest BCUT2D eigenvalue weighted by Crippen LogP contribution is 2.08. The van der Waals surface area contributed by atoms with Crippen LogP contribution in [0.2, 0.25) is 0 Å². The lowest BCUT2D eigenvalue weighted by atomic mass is 10.1. The van der Waals surface area contributed by atoms with Crippen molar-refractivity contribution < 1.29 is 5.11 Å². The van der Waals surface area contributed by atoms with Gasteiger partial charge in [0.25, 0.3) is 0 Å². The number of pyridine rings is 1. The van der Waals surface area contributed by atoms with Gasteiger partial charge in [0.1, 0.15) is 6.07 Å². The quantitative estimate of drug-likeness (QED) is 0.640. The van der Waals surface area contributed by atoms with Crippen LogP contribution in [0.3, 0.4) is 0 Å². The van der Waals surface area contributed by atoms with Crippen molar-refractivity contribution in [1.82, 2.24) is 4.98 Å². The molecule has 0 aromatic carbocycles. The fourth-order valence-corrected chi connectivity index (χ4v) is 0.827. The maximum Gasteiger partial charge on any atom is 0.101 e. The Balaban J connectivity index is 2.95. The average Bonchev–Trinajstić information content (AvgIpc) is 2.17. The van der Waals surface area contributed by atoms with Crippen LogP contribution in [-0.4, -0.2) is 16.7 Å². The third kappa shape index (κ3) is 1.78. The molecule has 0 radical (unpaired) electrons. The molecule has 62 valence electrons. The number of rotatable bonds is 2. The summed E-state index contributed by atoms with van der Waals surface area (Å²) in [5, 5.41) is 17.2. The van der Waals surface area contributed by atoms with Crippen molar-refractivity contribution in [3.05, 3.63) is 29.6 Å². The molecule has 0 aliphatic rings. The molecule has 0 saturated carbocycles. The van der Waals surface area contributed by atoms with Crippen molar-refractivity contribution in [3.63, 3.8) is 0 Å². The molecule has 0 aliphatic carbocycles. The minimum absolute atomic E-state index is 0.142. The summed E-state index contributed by atoms with van der Waals surface area (Å²) >= 11 is 0. The van der Waals surface area contributed by atoms with Gasteiger partial charge in [-0.25, -0.2) is 0 Å². The summed E-state index contributed by atoms with van der Waals surface area (Å²) in [5.74, 6) is 0. The molecule has 0 aliphatic heterocycles. The summed E-state index contributed by atoms with van der Waals surface area (Å²) in [6.07, 6.45) is 3.00. The van der Waals surface area contributed by atoms with Crippen LogP contribution in [0.25, 0.3) is 0 Å². The van der Waals surface area contributed by atoms with E-state index in [-0.39, 0.29) is 6.61 Å². The summed E-state index contributed by atoms with van der Waals surface area (Å²) in [7, 11) is 0. The lowest BCUT2D eigenvalue weighted by Crippen LogP contribution is -2.14. The lowest BCUT2D eigenvalue weighted by Gasteiger charge is -2.06. The number of hydrogen-bond acceptors (Lipinski definition) is 4. The predicted molar refractivity (Wildman–Crippen MR) is 43.0 cm³/mol.